The third-order valence-electron chi connectivity index (χ3n) is 6.34. The predicted molar refractivity (Wildman–Crippen MR) is 141 cm³/mol. The number of benzene rings is 2. The number of aliphatic hydroxyl groups excluding tert-OH is 1. The summed E-state index contributed by atoms with van der Waals surface area (Å²) in [7, 11) is 0. The van der Waals surface area contributed by atoms with Crippen molar-refractivity contribution in [1.82, 2.24) is 14.7 Å². The van der Waals surface area contributed by atoms with Crippen molar-refractivity contribution in [3.8, 4) is 17.3 Å². The van der Waals surface area contributed by atoms with E-state index in [-0.39, 0.29) is 18.5 Å². The first kappa shape index (κ1) is 28.2. The van der Waals surface area contributed by atoms with E-state index in [9.17, 15) is 13.9 Å². The standard InChI is InChI=1S/C29H37F2N3O4/c1-20(2)18-36-19-24(35)15-33(16-25-10-7-13-37-25)17-26-21(3)32-34(23-8-5-4-6-9-23)29(26)38-28-12-11-22(30)14-27(28)31/h4-6,8-9,11-12,14,20,24-25,35H,7,10,13,15-19H2,1-3H3/t24-,25+/m1/s1. The molecule has 0 bridgehead atoms. The van der Waals surface area contributed by atoms with Crippen LogP contribution in [0.1, 0.15) is 37.9 Å². The van der Waals surface area contributed by atoms with E-state index >= 15 is 0 Å². The number of halogens is 2. The lowest BCUT2D eigenvalue weighted by molar-refractivity contribution is -0.00406. The summed E-state index contributed by atoms with van der Waals surface area (Å²) < 4.78 is 47.4. The van der Waals surface area contributed by atoms with E-state index in [0.717, 1.165) is 42.8 Å². The van der Waals surface area contributed by atoms with Gasteiger partial charge < -0.3 is 19.3 Å². The molecular formula is C29H37F2N3O4. The van der Waals surface area contributed by atoms with Gasteiger partial charge in [0.25, 0.3) is 0 Å². The van der Waals surface area contributed by atoms with Crippen molar-refractivity contribution in [3.63, 3.8) is 0 Å². The summed E-state index contributed by atoms with van der Waals surface area (Å²) in [6, 6.07) is 12.6. The molecule has 1 saturated heterocycles. The fourth-order valence-corrected chi connectivity index (χ4v) is 4.53. The molecule has 1 fully saturated rings. The number of rotatable bonds is 13. The molecule has 0 unspecified atom stereocenters. The van der Waals surface area contributed by atoms with Crippen molar-refractivity contribution >= 4 is 0 Å². The number of nitrogens with zero attached hydrogens (tertiary/aromatic N) is 3. The molecule has 206 valence electrons. The molecule has 1 aliphatic rings. The number of aryl methyl sites for hydroxylation is 1. The Labute approximate surface area is 222 Å². The summed E-state index contributed by atoms with van der Waals surface area (Å²) >= 11 is 0. The zero-order valence-electron chi connectivity index (χ0n) is 22.3. The van der Waals surface area contributed by atoms with Crippen LogP contribution < -0.4 is 4.74 Å². The monoisotopic (exact) mass is 529 g/mol. The van der Waals surface area contributed by atoms with Crippen LogP contribution >= 0.6 is 0 Å². The number of ether oxygens (including phenoxy) is 3. The molecule has 2 atom stereocenters. The van der Waals surface area contributed by atoms with Gasteiger partial charge in [-0.3, -0.25) is 4.90 Å². The van der Waals surface area contributed by atoms with E-state index in [1.165, 1.54) is 6.07 Å². The van der Waals surface area contributed by atoms with Crippen LogP contribution in [-0.2, 0) is 16.0 Å². The Balaban J connectivity index is 1.64. The minimum atomic E-state index is -0.802. The van der Waals surface area contributed by atoms with E-state index in [0.29, 0.717) is 43.7 Å². The molecule has 38 heavy (non-hydrogen) atoms. The van der Waals surface area contributed by atoms with Gasteiger partial charge in [0, 0.05) is 38.9 Å². The molecule has 1 aromatic heterocycles. The molecule has 1 N–H and O–H groups in total. The summed E-state index contributed by atoms with van der Waals surface area (Å²) in [4.78, 5) is 2.10. The fraction of sp³-hybridized carbons (Fsp3) is 0.483. The van der Waals surface area contributed by atoms with Gasteiger partial charge in [-0.2, -0.15) is 5.10 Å². The molecule has 2 aromatic carbocycles. The first-order valence-electron chi connectivity index (χ1n) is 13.2. The third kappa shape index (κ3) is 7.60. The Hall–Kier alpha value is -2.85. The highest BCUT2D eigenvalue weighted by atomic mass is 19.1. The van der Waals surface area contributed by atoms with E-state index in [1.807, 2.05) is 37.3 Å². The second kappa shape index (κ2) is 13.3. The third-order valence-corrected chi connectivity index (χ3v) is 6.34. The van der Waals surface area contributed by atoms with Crippen LogP contribution in [0, 0.1) is 24.5 Å². The first-order chi connectivity index (χ1) is 18.3. The lowest BCUT2D eigenvalue weighted by Crippen LogP contribution is -2.39. The highest BCUT2D eigenvalue weighted by Gasteiger charge is 2.26. The van der Waals surface area contributed by atoms with Crippen molar-refractivity contribution in [2.45, 2.75) is 52.4 Å². The molecule has 0 spiro atoms. The Kier molecular flexibility index (Phi) is 9.85. The molecule has 9 heteroatoms. The van der Waals surface area contributed by atoms with Crippen LogP contribution in [-0.4, -0.2) is 64.9 Å². The van der Waals surface area contributed by atoms with Gasteiger partial charge in [-0.15, -0.1) is 0 Å². The largest absolute Gasteiger partial charge is 0.435 e. The Morgan fingerprint density at radius 1 is 1.16 bits per heavy atom. The normalized spacial score (nSPS) is 16.5. The van der Waals surface area contributed by atoms with Gasteiger partial charge in [-0.25, -0.2) is 13.5 Å². The van der Waals surface area contributed by atoms with Gasteiger partial charge in [0.1, 0.15) is 5.82 Å². The molecular weight excluding hydrogens is 492 g/mol. The van der Waals surface area contributed by atoms with Crippen molar-refractivity contribution in [3.05, 3.63) is 71.4 Å². The van der Waals surface area contributed by atoms with Crippen LogP contribution in [0.25, 0.3) is 5.69 Å². The average Bonchev–Trinajstić information content (AvgIpc) is 3.49. The topological polar surface area (TPSA) is 69.0 Å². The summed E-state index contributed by atoms with van der Waals surface area (Å²) in [5.41, 5.74) is 2.19. The van der Waals surface area contributed by atoms with Crippen LogP contribution in [0.3, 0.4) is 0 Å². The zero-order valence-corrected chi connectivity index (χ0v) is 22.3. The lowest BCUT2D eigenvalue weighted by Gasteiger charge is -2.27. The Morgan fingerprint density at radius 2 is 1.95 bits per heavy atom. The molecule has 4 rings (SSSR count). The molecule has 0 aliphatic carbocycles. The van der Waals surface area contributed by atoms with Gasteiger partial charge >= 0.3 is 0 Å². The average molecular weight is 530 g/mol. The Bertz CT molecular complexity index is 1170. The lowest BCUT2D eigenvalue weighted by atomic mass is 10.1. The highest BCUT2D eigenvalue weighted by molar-refractivity contribution is 5.43. The van der Waals surface area contributed by atoms with Gasteiger partial charge in [-0.05, 0) is 49.9 Å². The maximum Gasteiger partial charge on any atom is 0.227 e. The smallest absolute Gasteiger partial charge is 0.227 e. The fourth-order valence-electron chi connectivity index (χ4n) is 4.53. The number of aromatic nitrogens is 2. The van der Waals surface area contributed by atoms with E-state index in [4.69, 9.17) is 19.3 Å². The van der Waals surface area contributed by atoms with Gasteiger partial charge in [0.05, 0.1) is 35.8 Å². The van der Waals surface area contributed by atoms with Crippen LogP contribution in [0.2, 0.25) is 0 Å². The second-order valence-corrected chi connectivity index (χ2v) is 10.2. The number of aliphatic hydroxyl groups is 1. The predicted octanol–water partition coefficient (Wildman–Crippen LogP) is 5.27. The minimum Gasteiger partial charge on any atom is -0.435 e. The number of hydrogen-bond donors (Lipinski definition) is 1. The quantitative estimate of drug-likeness (QED) is 0.326. The van der Waals surface area contributed by atoms with Gasteiger partial charge in [-0.1, -0.05) is 32.0 Å². The molecule has 0 saturated carbocycles. The molecule has 3 aromatic rings. The maximum atomic E-state index is 14.6. The second-order valence-electron chi connectivity index (χ2n) is 10.2. The number of para-hydroxylation sites is 1. The first-order valence-corrected chi connectivity index (χ1v) is 13.2. The minimum absolute atomic E-state index is 0.0576. The summed E-state index contributed by atoms with van der Waals surface area (Å²) in [5, 5.41) is 15.5. The van der Waals surface area contributed by atoms with E-state index < -0.39 is 17.7 Å². The molecule has 1 aliphatic heterocycles. The van der Waals surface area contributed by atoms with Crippen LogP contribution in [0.5, 0.6) is 11.6 Å². The maximum absolute atomic E-state index is 14.6. The van der Waals surface area contributed by atoms with Gasteiger partial charge in [0.15, 0.2) is 11.6 Å². The summed E-state index contributed by atoms with van der Waals surface area (Å²) in [5.74, 6) is -0.870. The van der Waals surface area contributed by atoms with Crippen molar-refractivity contribution in [1.29, 1.82) is 0 Å². The molecule has 2 heterocycles. The van der Waals surface area contributed by atoms with Crippen LogP contribution in [0.4, 0.5) is 8.78 Å². The van der Waals surface area contributed by atoms with Crippen molar-refractivity contribution < 1.29 is 28.1 Å². The zero-order chi connectivity index (χ0) is 27.1. The SMILES string of the molecule is Cc1nn(-c2ccccc2)c(Oc2ccc(F)cc2F)c1CN(C[C@@H](O)COCC(C)C)C[C@@H]1CCCO1. The van der Waals surface area contributed by atoms with Gasteiger partial charge in [0.2, 0.25) is 5.88 Å². The summed E-state index contributed by atoms with van der Waals surface area (Å²) in [6.07, 6.45) is 1.31. The molecule has 7 nitrogen and oxygen atoms in total. The van der Waals surface area contributed by atoms with E-state index in [1.54, 1.807) is 4.68 Å². The van der Waals surface area contributed by atoms with Crippen molar-refractivity contribution in [2.24, 2.45) is 5.92 Å². The number of hydrogen-bond acceptors (Lipinski definition) is 6. The molecule has 0 amide bonds. The summed E-state index contributed by atoms with van der Waals surface area (Å²) in [6.45, 7) is 8.89. The Morgan fingerprint density at radius 3 is 2.63 bits per heavy atom. The van der Waals surface area contributed by atoms with Crippen LogP contribution in [0.15, 0.2) is 48.5 Å². The van der Waals surface area contributed by atoms with Crippen molar-refractivity contribution in [2.75, 3.05) is 32.9 Å². The van der Waals surface area contributed by atoms with E-state index in [2.05, 4.69) is 18.7 Å². The highest BCUT2D eigenvalue weighted by Crippen LogP contribution is 2.33. The molecule has 0 radical (unpaired) electrons.